The molecule has 0 spiro atoms. The number of aliphatic hydroxyl groups excluding tert-OH is 1. The van der Waals surface area contributed by atoms with Gasteiger partial charge in [0.15, 0.2) is 0 Å². The van der Waals surface area contributed by atoms with Gasteiger partial charge in [-0.25, -0.2) is 4.79 Å². The van der Waals surface area contributed by atoms with E-state index in [4.69, 9.17) is 0 Å². The number of ether oxygens (including phenoxy) is 2. The summed E-state index contributed by atoms with van der Waals surface area (Å²) in [5.74, 6) is -1.29. The molecule has 0 bridgehead atoms. The summed E-state index contributed by atoms with van der Waals surface area (Å²) in [6.45, 7) is 2.04. The van der Waals surface area contributed by atoms with E-state index < -0.39 is 40.5 Å². The van der Waals surface area contributed by atoms with Gasteiger partial charge < -0.3 is 24.2 Å². The molecule has 0 aliphatic heterocycles. The molecular formula is C21H24F2N2O6S. The number of benzene rings is 1. The molecule has 0 aliphatic rings. The second kappa shape index (κ2) is 10.7. The van der Waals surface area contributed by atoms with Crippen LogP contribution in [0.2, 0.25) is 0 Å². The zero-order valence-electron chi connectivity index (χ0n) is 17.9. The van der Waals surface area contributed by atoms with Crippen molar-refractivity contribution < 1.29 is 37.8 Å². The topological polar surface area (TPSA) is 124 Å². The largest absolute Gasteiger partial charge is 0.591 e. The first-order chi connectivity index (χ1) is 14.9. The first-order valence-corrected chi connectivity index (χ1v) is 10.5. The smallest absolute Gasteiger partial charge is 0.387 e. The lowest BCUT2D eigenvalue weighted by molar-refractivity contribution is -0.0499. The van der Waals surface area contributed by atoms with Crippen LogP contribution in [0.25, 0.3) is 0 Å². The van der Waals surface area contributed by atoms with Gasteiger partial charge in [0.25, 0.3) is 0 Å². The Morgan fingerprint density at radius 1 is 1.28 bits per heavy atom. The van der Waals surface area contributed by atoms with Crippen LogP contribution in [0.4, 0.5) is 8.78 Å². The molecule has 1 heterocycles. The van der Waals surface area contributed by atoms with Crippen LogP contribution in [0.5, 0.6) is 11.5 Å². The summed E-state index contributed by atoms with van der Waals surface area (Å²) in [5.41, 5.74) is 0.558. The maximum absolute atomic E-state index is 12.6. The molecule has 8 nitrogen and oxygen atoms in total. The number of phenols is 1. The Labute approximate surface area is 187 Å². The van der Waals surface area contributed by atoms with Crippen molar-refractivity contribution in [3.05, 3.63) is 53.3 Å². The number of alkyl halides is 2. The van der Waals surface area contributed by atoms with Crippen molar-refractivity contribution in [3.63, 3.8) is 0 Å². The molecule has 2 N–H and O–H groups in total. The average Bonchev–Trinajstić information content (AvgIpc) is 2.71. The molecule has 0 saturated heterocycles. The summed E-state index contributed by atoms with van der Waals surface area (Å²) in [6, 6.07) is 6.32. The molecule has 1 aromatic carbocycles. The van der Waals surface area contributed by atoms with Crippen LogP contribution in [0.1, 0.15) is 54.9 Å². The lowest BCUT2D eigenvalue weighted by atomic mass is 10.0. The molecule has 1 aromatic heterocycles. The van der Waals surface area contributed by atoms with E-state index in [1.807, 2.05) is 0 Å². The van der Waals surface area contributed by atoms with E-state index in [2.05, 4.69) is 18.9 Å². The normalized spacial score (nSPS) is 14.2. The van der Waals surface area contributed by atoms with Gasteiger partial charge in [0.1, 0.15) is 39.4 Å². The van der Waals surface area contributed by atoms with Crippen molar-refractivity contribution in [3.8, 4) is 11.5 Å². The first kappa shape index (κ1) is 25.5. The minimum Gasteiger partial charge on any atom is -0.591 e. The molecule has 1 unspecified atom stereocenters. The monoisotopic (exact) mass is 470 g/mol. The van der Waals surface area contributed by atoms with Crippen LogP contribution < -0.4 is 4.74 Å². The maximum Gasteiger partial charge on any atom is 0.387 e. The van der Waals surface area contributed by atoms with Crippen molar-refractivity contribution in [2.24, 2.45) is 4.40 Å². The lowest BCUT2D eigenvalue weighted by Crippen LogP contribution is -2.27. The Balaban J connectivity index is 2.38. The number of nitrogens with zero attached hydrogens (tertiary/aromatic N) is 2. The summed E-state index contributed by atoms with van der Waals surface area (Å²) in [4.78, 5) is 15.6. The molecule has 0 saturated carbocycles. The number of carbonyl (C=O) groups is 1. The van der Waals surface area contributed by atoms with Gasteiger partial charge in [0.2, 0.25) is 0 Å². The number of pyridine rings is 1. The highest BCUT2D eigenvalue weighted by atomic mass is 32.2. The fourth-order valence-electron chi connectivity index (χ4n) is 2.49. The van der Waals surface area contributed by atoms with Crippen LogP contribution in [-0.4, -0.2) is 49.9 Å². The number of carbonyl (C=O) groups excluding carboxylic acids is 1. The van der Waals surface area contributed by atoms with Gasteiger partial charge in [-0.3, -0.25) is 4.98 Å². The van der Waals surface area contributed by atoms with Crippen molar-refractivity contribution in [2.75, 3.05) is 7.11 Å². The number of hydrogen-bond donors (Lipinski definition) is 2. The van der Waals surface area contributed by atoms with E-state index in [-0.39, 0.29) is 34.7 Å². The minimum atomic E-state index is -3.07. The molecule has 0 radical (unpaired) electrons. The van der Waals surface area contributed by atoms with E-state index in [1.54, 1.807) is 20.8 Å². The van der Waals surface area contributed by atoms with Gasteiger partial charge in [-0.1, -0.05) is 4.40 Å². The van der Waals surface area contributed by atoms with Crippen molar-refractivity contribution in [1.82, 2.24) is 4.98 Å². The van der Waals surface area contributed by atoms with Gasteiger partial charge in [-0.15, -0.1) is 0 Å². The molecule has 2 aromatic rings. The number of esters is 1. The molecule has 11 heteroatoms. The van der Waals surface area contributed by atoms with Crippen molar-refractivity contribution >= 4 is 23.0 Å². The summed E-state index contributed by atoms with van der Waals surface area (Å²) in [7, 11) is 1.23. The molecule has 174 valence electrons. The van der Waals surface area contributed by atoms with E-state index in [0.29, 0.717) is 0 Å². The van der Waals surface area contributed by atoms with Gasteiger partial charge in [-0.05, 0) is 45.0 Å². The molecule has 0 aliphatic carbocycles. The molecule has 2 atom stereocenters. The summed E-state index contributed by atoms with van der Waals surface area (Å²) in [5, 5.41) is 21.0. The first-order valence-electron chi connectivity index (χ1n) is 9.42. The predicted molar refractivity (Wildman–Crippen MR) is 114 cm³/mol. The van der Waals surface area contributed by atoms with E-state index in [0.717, 1.165) is 6.07 Å². The molecule has 0 amide bonds. The molecular weight excluding hydrogens is 446 g/mol. The standard InChI is InChI=1S/C21H24F2N2O6S/c1-21(2,3)32(29)25-16(14-7-6-13(9-17(14)26)31-20(22)23)10-18(27)15-8-5-12(11-24-15)19(28)30-4/h5-9,11,18,20,26-27H,10H2,1-4H3/b25-16+/t18?,32-/m0/s1. The summed E-state index contributed by atoms with van der Waals surface area (Å²) < 4.78 is 49.8. The fourth-order valence-corrected chi connectivity index (χ4v) is 3.14. The zero-order chi connectivity index (χ0) is 24.1. The van der Waals surface area contributed by atoms with E-state index in [1.165, 1.54) is 37.6 Å². The third-order valence-electron chi connectivity index (χ3n) is 4.16. The van der Waals surface area contributed by atoms with Crippen LogP contribution in [0, 0.1) is 0 Å². The van der Waals surface area contributed by atoms with E-state index >= 15 is 0 Å². The number of halogens is 2. The second-order valence-electron chi connectivity index (χ2n) is 7.64. The Hall–Kier alpha value is -2.76. The quantitative estimate of drug-likeness (QED) is 0.343. The molecule has 2 rings (SSSR count). The van der Waals surface area contributed by atoms with Crippen LogP contribution >= 0.6 is 0 Å². The van der Waals surface area contributed by atoms with Crippen molar-refractivity contribution in [1.29, 1.82) is 0 Å². The maximum atomic E-state index is 12.6. The second-order valence-corrected chi connectivity index (χ2v) is 9.55. The Bertz CT molecular complexity index is 964. The van der Waals surface area contributed by atoms with Gasteiger partial charge >= 0.3 is 12.6 Å². The van der Waals surface area contributed by atoms with Crippen LogP contribution in [0.3, 0.4) is 0 Å². The van der Waals surface area contributed by atoms with Gasteiger partial charge in [0.05, 0.1) is 18.4 Å². The van der Waals surface area contributed by atoms with Gasteiger partial charge in [-0.2, -0.15) is 8.78 Å². The minimum absolute atomic E-state index is 0.0747. The predicted octanol–water partition coefficient (Wildman–Crippen LogP) is 3.55. The Morgan fingerprint density at radius 3 is 2.47 bits per heavy atom. The zero-order valence-corrected chi connectivity index (χ0v) is 18.7. The Kier molecular flexibility index (Phi) is 8.53. The highest BCUT2D eigenvalue weighted by Crippen LogP contribution is 2.30. The summed E-state index contributed by atoms with van der Waals surface area (Å²) >= 11 is -1.74. The highest BCUT2D eigenvalue weighted by Gasteiger charge is 2.29. The number of phenolic OH excluding ortho intramolecular Hbond substituents is 1. The number of aromatic hydroxyl groups is 1. The van der Waals surface area contributed by atoms with Crippen molar-refractivity contribution in [2.45, 2.75) is 44.7 Å². The summed E-state index contributed by atoms with van der Waals surface area (Å²) in [6.07, 6.45) is -0.189. The number of aliphatic hydroxyl groups is 1. The molecule has 32 heavy (non-hydrogen) atoms. The number of rotatable bonds is 8. The number of aromatic nitrogens is 1. The average molecular weight is 470 g/mol. The van der Waals surface area contributed by atoms with Gasteiger partial charge in [0, 0.05) is 24.2 Å². The third kappa shape index (κ3) is 6.87. The molecule has 0 fully saturated rings. The SMILES string of the molecule is COC(=O)c1ccc(C(O)C/C(=N\[S@@+]([O-])C(C)(C)C)c2ccc(OC(F)F)cc2O)nc1. The Morgan fingerprint density at radius 2 is 1.97 bits per heavy atom. The van der Waals surface area contributed by atoms with Crippen LogP contribution in [-0.2, 0) is 16.1 Å². The fraction of sp³-hybridized carbons (Fsp3) is 0.381. The van der Waals surface area contributed by atoms with Crippen LogP contribution in [0.15, 0.2) is 40.9 Å². The van der Waals surface area contributed by atoms with E-state index in [9.17, 15) is 28.3 Å². The number of methoxy groups -OCH3 is 1. The third-order valence-corrected chi connectivity index (χ3v) is 5.59. The highest BCUT2D eigenvalue weighted by molar-refractivity contribution is 7.91. The lowest BCUT2D eigenvalue weighted by Gasteiger charge is -2.20. The number of hydrogen-bond acceptors (Lipinski definition) is 8.